The molecule has 0 heterocycles. The maximum Gasteiger partial charge on any atom is 1.00 e. The molecule has 2 rings (SSSR count). The second-order valence-electron chi connectivity index (χ2n) is 7.38. The summed E-state index contributed by atoms with van der Waals surface area (Å²) < 4.78 is 38.5. The molecule has 5 nitrogen and oxygen atoms in total. The summed E-state index contributed by atoms with van der Waals surface area (Å²) in [6, 6.07) is 11.1. The second kappa shape index (κ2) is 14.1. The van der Waals surface area contributed by atoms with E-state index in [1.165, 1.54) is 44.6 Å². The molecule has 0 saturated carbocycles. The van der Waals surface area contributed by atoms with Gasteiger partial charge in [0.2, 0.25) is 0 Å². The smallest absolute Gasteiger partial charge is 0.872 e. The molecule has 0 aliphatic carbocycles. The minimum absolute atomic E-state index is 0. The summed E-state index contributed by atoms with van der Waals surface area (Å²) in [6.07, 6.45) is 11.2. The molecule has 7 heteroatoms. The van der Waals surface area contributed by atoms with Gasteiger partial charge in [-0.2, -0.15) is 8.42 Å². The molecule has 30 heavy (non-hydrogen) atoms. The Balaban J connectivity index is 0.00000450. The van der Waals surface area contributed by atoms with Crippen LogP contribution in [0.5, 0.6) is 17.2 Å². The maximum atomic E-state index is 12.3. The summed E-state index contributed by atoms with van der Waals surface area (Å²) in [7, 11) is -4.56. The van der Waals surface area contributed by atoms with E-state index in [4.69, 9.17) is 4.74 Å². The first-order valence-corrected chi connectivity index (χ1v) is 11.9. The van der Waals surface area contributed by atoms with Crippen LogP contribution in [0.25, 0.3) is 0 Å². The number of hydrogen-bond acceptors (Lipinski definition) is 4. The Morgan fingerprint density at radius 1 is 0.900 bits per heavy atom. The molecule has 0 amide bonds. The van der Waals surface area contributed by atoms with Crippen molar-refractivity contribution in [3.05, 3.63) is 48.0 Å². The van der Waals surface area contributed by atoms with Crippen LogP contribution < -0.4 is 39.4 Å². The van der Waals surface area contributed by atoms with Gasteiger partial charge < -0.3 is 9.84 Å². The van der Waals surface area contributed by atoms with Crippen LogP contribution in [0.2, 0.25) is 0 Å². The zero-order valence-corrected chi connectivity index (χ0v) is 20.9. The van der Waals surface area contributed by atoms with Gasteiger partial charge in [-0.1, -0.05) is 82.1 Å². The minimum atomic E-state index is -4.56. The summed E-state index contributed by atoms with van der Waals surface area (Å²) in [5.41, 5.74) is 0.506. The maximum absolute atomic E-state index is 12.3. The predicted molar refractivity (Wildman–Crippen MR) is 113 cm³/mol. The molecule has 2 aromatic carbocycles. The third kappa shape index (κ3) is 9.40. The van der Waals surface area contributed by atoms with Crippen molar-refractivity contribution in [2.75, 3.05) is 0 Å². The fraction of sp³-hybridized carbons (Fsp3) is 0.478. The zero-order chi connectivity index (χ0) is 21.1. The molecular formula is C23H31NaO5S. The van der Waals surface area contributed by atoms with Gasteiger partial charge in [-0.3, -0.25) is 4.55 Å². The van der Waals surface area contributed by atoms with Gasteiger partial charge in [-0.15, -0.1) is 5.75 Å². The first-order valence-electron chi connectivity index (χ1n) is 10.5. The van der Waals surface area contributed by atoms with Crippen LogP contribution in [-0.4, -0.2) is 13.0 Å². The van der Waals surface area contributed by atoms with E-state index in [0.717, 1.165) is 25.3 Å². The normalized spacial score (nSPS) is 11.1. The van der Waals surface area contributed by atoms with E-state index < -0.39 is 20.8 Å². The van der Waals surface area contributed by atoms with Crippen LogP contribution >= 0.6 is 0 Å². The van der Waals surface area contributed by atoms with Crippen LogP contribution in [0, 0.1) is 0 Å². The molecule has 0 aliphatic heterocycles. The predicted octanol–water partition coefficient (Wildman–Crippen LogP) is 2.88. The molecule has 0 bridgehead atoms. The van der Waals surface area contributed by atoms with Crippen molar-refractivity contribution in [3.63, 3.8) is 0 Å². The van der Waals surface area contributed by atoms with Gasteiger partial charge in [-0.25, -0.2) is 0 Å². The second-order valence-corrected chi connectivity index (χ2v) is 8.77. The molecule has 0 saturated heterocycles. The van der Waals surface area contributed by atoms with Crippen molar-refractivity contribution in [1.29, 1.82) is 0 Å². The Morgan fingerprint density at radius 3 is 2.03 bits per heavy atom. The van der Waals surface area contributed by atoms with Crippen LogP contribution in [0.3, 0.4) is 0 Å². The Labute approximate surface area is 202 Å². The average molecular weight is 443 g/mol. The molecule has 2 aromatic rings. The van der Waals surface area contributed by atoms with Crippen molar-refractivity contribution in [3.8, 4) is 17.2 Å². The summed E-state index contributed by atoms with van der Waals surface area (Å²) in [5, 5.41) is 12.3. The number of para-hydroxylation sites is 1. The van der Waals surface area contributed by atoms with Crippen molar-refractivity contribution in [2.45, 2.75) is 76.0 Å². The van der Waals surface area contributed by atoms with E-state index in [-0.39, 0.29) is 35.3 Å². The number of unbranched alkanes of at least 4 members (excludes halogenated alkanes) is 8. The van der Waals surface area contributed by atoms with Crippen LogP contribution in [-0.2, 0) is 16.5 Å². The van der Waals surface area contributed by atoms with Crippen LogP contribution in [0.15, 0.2) is 47.4 Å². The van der Waals surface area contributed by atoms with Crippen molar-refractivity contribution >= 4 is 10.1 Å². The van der Waals surface area contributed by atoms with E-state index in [9.17, 15) is 18.1 Å². The van der Waals surface area contributed by atoms with E-state index >= 15 is 0 Å². The third-order valence-corrected chi connectivity index (χ3v) is 5.80. The summed E-state index contributed by atoms with van der Waals surface area (Å²) in [6.45, 7) is 2.21. The van der Waals surface area contributed by atoms with Gasteiger partial charge in [0.1, 0.15) is 16.4 Å². The Hall–Kier alpha value is -1.05. The largest absolute Gasteiger partial charge is 1.00 e. The van der Waals surface area contributed by atoms with Crippen molar-refractivity contribution in [2.24, 2.45) is 0 Å². The Bertz CT molecular complexity index is 853. The van der Waals surface area contributed by atoms with Crippen molar-refractivity contribution in [1.82, 2.24) is 0 Å². The van der Waals surface area contributed by atoms with Gasteiger partial charge >= 0.3 is 29.6 Å². The molecule has 0 fully saturated rings. The van der Waals surface area contributed by atoms with E-state index in [1.807, 2.05) is 6.07 Å². The van der Waals surface area contributed by atoms with Crippen LogP contribution in [0.1, 0.15) is 70.3 Å². The fourth-order valence-corrected chi connectivity index (χ4v) is 3.91. The molecule has 0 spiro atoms. The van der Waals surface area contributed by atoms with E-state index in [2.05, 4.69) is 6.92 Å². The Kier molecular flexibility index (Phi) is 12.7. The summed E-state index contributed by atoms with van der Waals surface area (Å²) in [4.78, 5) is -0.498. The molecule has 0 aromatic heterocycles. The van der Waals surface area contributed by atoms with Gasteiger partial charge in [0.25, 0.3) is 10.1 Å². The first-order chi connectivity index (χ1) is 13.9. The van der Waals surface area contributed by atoms with Gasteiger partial charge in [0, 0.05) is 0 Å². The Morgan fingerprint density at radius 2 is 1.47 bits per heavy atom. The number of rotatable bonds is 13. The monoisotopic (exact) mass is 442 g/mol. The van der Waals surface area contributed by atoms with E-state index in [1.54, 1.807) is 24.3 Å². The molecule has 0 radical (unpaired) electrons. The zero-order valence-electron chi connectivity index (χ0n) is 18.1. The first kappa shape index (κ1) is 27.0. The number of ether oxygens (including phenoxy) is 1. The third-order valence-electron chi connectivity index (χ3n) is 4.93. The van der Waals surface area contributed by atoms with Gasteiger partial charge in [0.15, 0.2) is 0 Å². The average Bonchev–Trinajstić information content (AvgIpc) is 2.68. The van der Waals surface area contributed by atoms with Gasteiger partial charge in [-0.05, 0) is 37.1 Å². The molecule has 0 unspecified atom stereocenters. The summed E-state index contributed by atoms with van der Waals surface area (Å²) in [5.74, 6) is 0.0203. The summed E-state index contributed by atoms with van der Waals surface area (Å²) >= 11 is 0. The fourth-order valence-electron chi connectivity index (χ4n) is 3.30. The van der Waals surface area contributed by atoms with Crippen molar-refractivity contribution < 1.29 is 52.4 Å². The SMILES string of the molecule is CCCCCCCCCCCc1cc(Oc2ccccc2)c(S(=O)(=O)O)cc1[O-].[Na+]. The quantitative estimate of drug-likeness (QED) is 0.293. The number of hydrogen-bond donors (Lipinski definition) is 1. The van der Waals surface area contributed by atoms with Crippen LogP contribution in [0.4, 0.5) is 0 Å². The van der Waals surface area contributed by atoms with Gasteiger partial charge in [0.05, 0.1) is 0 Å². The number of aryl methyl sites for hydroxylation is 1. The molecule has 0 aliphatic rings. The molecule has 1 N–H and O–H groups in total. The minimum Gasteiger partial charge on any atom is -0.872 e. The standard InChI is InChI=1S/C23H32O5S.Na/c1-2-3-4-5-6-7-8-9-11-14-19-17-22(28-20-15-12-10-13-16-20)23(18-21(19)24)29(25,26)27;/h10,12-13,15-18,24H,2-9,11,14H2,1H3,(H,25,26,27);/q;+1/p-1. The van der Waals surface area contributed by atoms with E-state index in [0.29, 0.717) is 17.7 Å². The molecule has 0 atom stereocenters. The number of benzene rings is 2. The molecular weight excluding hydrogens is 411 g/mol. The topological polar surface area (TPSA) is 86.7 Å². The molecule has 160 valence electrons.